The third-order valence-electron chi connectivity index (χ3n) is 4.33. The maximum Gasteiger partial charge on any atom is 0.416 e. The van der Waals surface area contributed by atoms with Gasteiger partial charge in [-0.25, -0.2) is 0 Å². The Bertz CT molecular complexity index is 909. The molecule has 0 saturated carbocycles. The van der Waals surface area contributed by atoms with E-state index in [1.807, 2.05) is 0 Å². The van der Waals surface area contributed by atoms with Crippen LogP contribution < -0.4 is 14.8 Å². The van der Waals surface area contributed by atoms with Crippen molar-refractivity contribution >= 4 is 5.91 Å². The third kappa shape index (κ3) is 4.96. The van der Waals surface area contributed by atoms with E-state index in [0.717, 1.165) is 0 Å². The maximum absolute atomic E-state index is 12.9. The first-order valence-corrected chi connectivity index (χ1v) is 8.60. The SMILES string of the molecule is O=C(NCCC(O)c1ccc2c(c1)OCO2)c1cc(C(F)(F)F)cc(C(F)(F)F)c1. The van der Waals surface area contributed by atoms with Crippen molar-refractivity contribution in [2.24, 2.45) is 0 Å². The molecule has 0 spiro atoms. The minimum Gasteiger partial charge on any atom is -0.454 e. The number of benzene rings is 2. The Morgan fingerprint density at radius 1 is 0.967 bits per heavy atom. The van der Waals surface area contributed by atoms with Crippen LogP contribution in [0.1, 0.15) is 39.6 Å². The predicted molar refractivity (Wildman–Crippen MR) is 90.9 cm³/mol. The van der Waals surface area contributed by atoms with E-state index >= 15 is 0 Å². The van der Waals surface area contributed by atoms with Gasteiger partial charge in [-0.1, -0.05) is 6.07 Å². The van der Waals surface area contributed by atoms with Crippen molar-refractivity contribution in [3.05, 3.63) is 58.7 Å². The van der Waals surface area contributed by atoms with Crippen LogP contribution in [-0.2, 0) is 12.4 Å². The molecule has 1 aliphatic rings. The summed E-state index contributed by atoms with van der Waals surface area (Å²) in [6, 6.07) is 5.33. The summed E-state index contributed by atoms with van der Waals surface area (Å²) in [5.74, 6) is -0.187. The number of fused-ring (bicyclic) bond motifs is 1. The minimum atomic E-state index is -5.05. The number of alkyl halides is 6. The second-order valence-electron chi connectivity index (χ2n) is 6.47. The van der Waals surface area contributed by atoms with Gasteiger partial charge in [0.25, 0.3) is 5.91 Å². The van der Waals surface area contributed by atoms with Crippen LogP contribution in [0.5, 0.6) is 11.5 Å². The standard InChI is InChI=1S/C19H15F6NO4/c20-18(21,22)12-5-11(6-13(8-12)19(23,24)25)17(28)26-4-3-14(27)10-1-2-15-16(7-10)30-9-29-15/h1-2,5-8,14,27H,3-4,9H2,(H,26,28). The van der Waals surface area contributed by atoms with Crippen LogP contribution in [0.3, 0.4) is 0 Å². The van der Waals surface area contributed by atoms with Crippen LogP contribution in [-0.4, -0.2) is 24.4 Å². The van der Waals surface area contributed by atoms with Gasteiger partial charge >= 0.3 is 12.4 Å². The molecule has 0 radical (unpaired) electrons. The number of carbonyl (C=O) groups is 1. The van der Waals surface area contributed by atoms with E-state index < -0.39 is 41.1 Å². The number of halogens is 6. The summed E-state index contributed by atoms with van der Waals surface area (Å²) in [6.07, 6.45) is -11.2. The molecule has 1 heterocycles. The van der Waals surface area contributed by atoms with Gasteiger partial charge in [-0.15, -0.1) is 0 Å². The third-order valence-corrected chi connectivity index (χ3v) is 4.33. The molecular weight excluding hydrogens is 420 g/mol. The highest BCUT2D eigenvalue weighted by Crippen LogP contribution is 2.37. The van der Waals surface area contributed by atoms with Gasteiger partial charge in [0.1, 0.15) is 0 Å². The molecule has 11 heteroatoms. The number of nitrogens with one attached hydrogen (secondary N) is 1. The highest BCUT2D eigenvalue weighted by molar-refractivity contribution is 5.94. The minimum absolute atomic E-state index is 0.0313. The molecule has 1 atom stereocenters. The van der Waals surface area contributed by atoms with Gasteiger partial charge in [0.2, 0.25) is 6.79 Å². The molecule has 0 saturated heterocycles. The van der Waals surface area contributed by atoms with Gasteiger partial charge in [-0.3, -0.25) is 4.79 Å². The van der Waals surface area contributed by atoms with Crippen molar-refractivity contribution in [3.8, 4) is 11.5 Å². The van der Waals surface area contributed by atoms with Gasteiger partial charge in [-0.2, -0.15) is 26.3 Å². The van der Waals surface area contributed by atoms with Crippen LogP contribution in [0.2, 0.25) is 0 Å². The first-order chi connectivity index (χ1) is 13.9. The molecule has 2 aromatic rings. The number of ether oxygens (including phenoxy) is 2. The average Bonchev–Trinajstić information content (AvgIpc) is 3.13. The first-order valence-electron chi connectivity index (χ1n) is 8.60. The fraction of sp³-hybridized carbons (Fsp3) is 0.316. The van der Waals surface area contributed by atoms with Crippen molar-refractivity contribution in [2.45, 2.75) is 24.9 Å². The van der Waals surface area contributed by atoms with Crippen molar-refractivity contribution in [1.82, 2.24) is 5.32 Å². The predicted octanol–water partition coefficient (Wildman–Crippen LogP) is 4.31. The number of amides is 1. The lowest BCUT2D eigenvalue weighted by Crippen LogP contribution is -2.26. The Hall–Kier alpha value is -2.95. The van der Waals surface area contributed by atoms with Gasteiger partial charge in [0.15, 0.2) is 11.5 Å². The summed E-state index contributed by atoms with van der Waals surface area (Å²) in [5, 5.41) is 12.4. The zero-order valence-electron chi connectivity index (χ0n) is 15.1. The average molecular weight is 435 g/mol. The highest BCUT2D eigenvalue weighted by Gasteiger charge is 2.37. The van der Waals surface area contributed by atoms with Gasteiger partial charge < -0.3 is 19.9 Å². The van der Waals surface area contributed by atoms with Gasteiger partial charge in [0.05, 0.1) is 17.2 Å². The van der Waals surface area contributed by atoms with E-state index in [9.17, 15) is 36.2 Å². The molecule has 2 aromatic carbocycles. The van der Waals surface area contributed by atoms with Gasteiger partial charge in [-0.05, 0) is 42.3 Å². The Morgan fingerprint density at radius 3 is 2.17 bits per heavy atom. The number of hydrogen-bond donors (Lipinski definition) is 2. The Kier molecular flexibility index (Phi) is 5.84. The molecule has 0 aliphatic carbocycles. The molecular formula is C19H15F6NO4. The molecule has 162 valence electrons. The quantitative estimate of drug-likeness (QED) is 0.688. The van der Waals surface area contributed by atoms with Crippen LogP contribution in [0.4, 0.5) is 26.3 Å². The molecule has 0 bridgehead atoms. The summed E-state index contributed by atoms with van der Waals surface area (Å²) < 4.78 is 87.7. The Balaban J connectivity index is 1.67. The molecule has 0 fully saturated rings. The molecule has 0 aromatic heterocycles. The summed E-state index contributed by atoms with van der Waals surface area (Å²) in [7, 11) is 0. The summed E-state index contributed by atoms with van der Waals surface area (Å²) in [4.78, 5) is 12.1. The molecule has 1 amide bonds. The maximum atomic E-state index is 12.9. The molecule has 5 nitrogen and oxygen atoms in total. The van der Waals surface area contributed by atoms with E-state index in [0.29, 0.717) is 29.2 Å². The second-order valence-corrected chi connectivity index (χ2v) is 6.47. The van der Waals surface area contributed by atoms with E-state index in [4.69, 9.17) is 9.47 Å². The van der Waals surface area contributed by atoms with Crippen molar-refractivity contribution in [3.63, 3.8) is 0 Å². The fourth-order valence-electron chi connectivity index (χ4n) is 2.80. The van der Waals surface area contributed by atoms with Crippen molar-refractivity contribution in [1.29, 1.82) is 0 Å². The van der Waals surface area contributed by atoms with Crippen LogP contribution in [0.25, 0.3) is 0 Å². The fourth-order valence-corrected chi connectivity index (χ4v) is 2.80. The highest BCUT2D eigenvalue weighted by atomic mass is 19.4. The molecule has 3 rings (SSSR count). The molecule has 30 heavy (non-hydrogen) atoms. The summed E-state index contributed by atoms with van der Waals surface area (Å²) in [5.41, 5.74) is -3.49. The summed E-state index contributed by atoms with van der Waals surface area (Å²) in [6.45, 7) is -0.145. The van der Waals surface area contributed by atoms with Crippen molar-refractivity contribution in [2.75, 3.05) is 13.3 Å². The van der Waals surface area contributed by atoms with Crippen LogP contribution in [0, 0.1) is 0 Å². The first kappa shape index (κ1) is 21.8. The smallest absolute Gasteiger partial charge is 0.416 e. The molecule has 2 N–H and O–H groups in total. The largest absolute Gasteiger partial charge is 0.454 e. The zero-order chi connectivity index (χ0) is 22.1. The van der Waals surface area contributed by atoms with Crippen LogP contribution in [0.15, 0.2) is 36.4 Å². The number of carbonyl (C=O) groups excluding carboxylic acids is 1. The number of hydrogen-bond acceptors (Lipinski definition) is 4. The van der Waals surface area contributed by atoms with Crippen molar-refractivity contribution < 1.29 is 45.7 Å². The number of aliphatic hydroxyl groups is 1. The van der Waals surface area contributed by atoms with E-state index in [1.54, 1.807) is 12.1 Å². The topological polar surface area (TPSA) is 67.8 Å². The lowest BCUT2D eigenvalue weighted by molar-refractivity contribution is -0.143. The molecule has 1 aliphatic heterocycles. The van der Waals surface area contributed by atoms with E-state index in [1.165, 1.54) is 6.07 Å². The van der Waals surface area contributed by atoms with Crippen LogP contribution >= 0.6 is 0 Å². The number of rotatable bonds is 5. The van der Waals surface area contributed by atoms with E-state index in [2.05, 4.69) is 5.32 Å². The monoisotopic (exact) mass is 435 g/mol. The van der Waals surface area contributed by atoms with E-state index in [-0.39, 0.29) is 25.8 Å². The normalized spacial score (nSPS) is 14.5. The lowest BCUT2D eigenvalue weighted by atomic mass is 10.0. The zero-order valence-corrected chi connectivity index (χ0v) is 15.1. The lowest BCUT2D eigenvalue weighted by Gasteiger charge is -2.15. The second kappa shape index (κ2) is 8.05. The van der Waals surface area contributed by atoms with Gasteiger partial charge in [0, 0.05) is 12.1 Å². The summed E-state index contributed by atoms with van der Waals surface area (Å²) >= 11 is 0. The Labute approximate surface area is 166 Å². The number of aliphatic hydroxyl groups excluding tert-OH is 1. The Morgan fingerprint density at radius 2 is 1.57 bits per heavy atom. The molecule has 1 unspecified atom stereocenters.